The van der Waals surface area contributed by atoms with Crippen LogP contribution in [0.2, 0.25) is 0 Å². The fourth-order valence-corrected chi connectivity index (χ4v) is 5.37. The smallest absolute Gasteiger partial charge is 0.213 e. The van der Waals surface area contributed by atoms with Gasteiger partial charge >= 0.3 is 0 Å². The molecule has 2 aliphatic carbocycles. The Kier molecular flexibility index (Phi) is 3.84. The number of nitrogens with zero attached hydrogens (tertiary/aromatic N) is 1. The zero-order valence-electron chi connectivity index (χ0n) is 12.8. The van der Waals surface area contributed by atoms with Crippen LogP contribution in [0.1, 0.15) is 42.9 Å². The van der Waals surface area contributed by atoms with Crippen molar-refractivity contribution in [3.05, 3.63) is 35.4 Å². The standard InChI is InChI=1S/C16H24N2O2S/c1-18(2)16(10-11-16)12-21(19,20)17-15-9-5-7-13-6-3-4-8-14(13)15/h3-4,6,8,15,17H,5,7,9-12H2,1-2H3. The zero-order valence-corrected chi connectivity index (χ0v) is 13.6. The molecule has 0 aromatic heterocycles. The van der Waals surface area contributed by atoms with E-state index in [-0.39, 0.29) is 17.3 Å². The second-order valence-electron chi connectivity index (χ2n) is 6.64. The first-order valence-corrected chi connectivity index (χ1v) is 9.32. The van der Waals surface area contributed by atoms with Crippen LogP contribution in [-0.2, 0) is 16.4 Å². The van der Waals surface area contributed by atoms with E-state index < -0.39 is 10.0 Å². The summed E-state index contributed by atoms with van der Waals surface area (Å²) in [6.45, 7) is 0. The number of rotatable bonds is 5. The molecule has 5 heteroatoms. The normalized spacial score (nSPS) is 23.9. The number of hydrogen-bond donors (Lipinski definition) is 1. The number of fused-ring (bicyclic) bond motifs is 1. The number of benzene rings is 1. The van der Waals surface area contributed by atoms with Crippen molar-refractivity contribution in [3.63, 3.8) is 0 Å². The first-order chi connectivity index (χ1) is 9.92. The summed E-state index contributed by atoms with van der Waals surface area (Å²) in [4.78, 5) is 2.06. The van der Waals surface area contributed by atoms with Gasteiger partial charge in [-0.05, 0) is 57.3 Å². The van der Waals surface area contributed by atoms with Gasteiger partial charge in [0.15, 0.2) is 0 Å². The third-order valence-corrected chi connectivity index (χ3v) is 6.49. The summed E-state index contributed by atoms with van der Waals surface area (Å²) in [5, 5.41) is 0. The van der Waals surface area contributed by atoms with Crippen LogP contribution >= 0.6 is 0 Å². The van der Waals surface area contributed by atoms with E-state index in [9.17, 15) is 8.42 Å². The van der Waals surface area contributed by atoms with E-state index >= 15 is 0 Å². The van der Waals surface area contributed by atoms with Gasteiger partial charge < -0.3 is 4.90 Å². The molecule has 1 aromatic rings. The van der Waals surface area contributed by atoms with Gasteiger partial charge in [-0.3, -0.25) is 0 Å². The van der Waals surface area contributed by atoms with Crippen molar-refractivity contribution in [2.45, 2.75) is 43.7 Å². The highest BCUT2D eigenvalue weighted by molar-refractivity contribution is 7.89. The largest absolute Gasteiger partial charge is 0.303 e. The number of nitrogens with one attached hydrogen (secondary N) is 1. The van der Waals surface area contributed by atoms with Gasteiger partial charge in [0, 0.05) is 11.6 Å². The summed E-state index contributed by atoms with van der Waals surface area (Å²) in [5.41, 5.74) is 2.30. The van der Waals surface area contributed by atoms with Crippen LogP contribution in [0.15, 0.2) is 24.3 Å². The summed E-state index contributed by atoms with van der Waals surface area (Å²) in [5.74, 6) is 0.214. The maximum Gasteiger partial charge on any atom is 0.213 e. The summed E-state index contributed by atoms with van der Waals surface area (Å²) >= 11 is 0. The van der Waals surface area contributed by atoms with Gasteiger partial charge in [0.05, 0.1) is 5.75 Å². The molecule has 4 nitrogen and oxygen atoms in total. The Labute approximate surface area is 127 Å². The van der Waals surface area contributed by atoms with Crippen LogP contribution in [0.5, 0.6) is 0 Å². The first-order valence-electron chi connectivity index (χ1n) is 7.67. The molecule has 1 unspecified atom stereocenters. The summed E-state index contributed by atoms with van der Waals surface area (Å²) in [6, 6.07) is 8.13. The predicted molar refractivity (Wildman–Crippen MR) is 84.7 cm³/mol. The average molecular weight is 308 g/mol. The molecule has 0 bridgehead atoms. The molecule has 1 N–H and O–H groups in total. The number of hydrogen-bond acceptors (Lipinski definition) is 3. The first kappa shape index (κ1) is 15.0. The highest BCUT2D eigenvalue weighted by Gasteiger charge is 2.48. The molecule has 0 radical (unpaired) electrons. The summed E-state index contributed by atoms with van der Waals surface area (Å²) in [6.07, 6.45) is 4.94. The molecule has 0 spiro atoms. The highest BCUT2D eigenvalue weighted by Crippen LogP contribution is 2.41. The molecule has 0 aliphatic heterocycles. The molecule has 116 valence electrons. The zero-order chi connectivity index (χ0) is 15.1. The molecule has 2 aliphatic rings. The molecule has 1 saturated carbocycles. The van der Waals surface area contributed by atoms with Crippen molar-refractivity contribution >= 4 is 10.0 Å². The SMILES string of the molecule is CN(C)C1(CS(=O)(=O)NC2CCCc3ccccc32)CC1. The van der Waals surface area contributed by atoms with Crippen LogP contribution < -0.4 is 4.72 Å². The van der Waals surface area contributed by atoms with E-state index in [1.165, 1.54) is 5.56 Å². The maximum absolute atomic E-state index is 12.5. The van der Waals surface area contributed by atoms with E-state index in [1.54, 1.807) is 0 Å². The van der Waals surface area contributed by atoms with E-state index in [1.807, 2.05) is 26.2 Å². The lowest BCUT2D eigenvalue weighted by Gasteiger charge is -2.28. The molecule has 1 aromatic carbocycles. The van der Waals surface area contributed by atoms with Crippen LogP contribution in [-0.4, -0.2) is 38.7 Å². The minimum absolute atomic E-state index is 0.0575. The van der Waals surface area contributed by atoms with E-state index in [4.69, 9.17) is 0 Å². The molecule has 21 heavy (non-hydrogen) atoms. The quantitative estimate of drug-likeness (QED) is 0.906. The van der Waals surface area contributed by atoms with Gasteiger partial charge in [-0.1, -0.05) is 24.3 Å². The summed E-state index contributed by atoms with van der Waals surface area (Å²) < 4.78 is 28.0. The number of sulfonamides is 1. The Bertz CT molecular complexity index is 621. The molecule has 3 rings (SSSR count). The monoisotopic (exact) mass is 308 g/mol. The second-order valence-corrected chi connectivity index (χ2v) is 8.39. The number of aryl methyl sites for hydroxylation is 1. The lowest BCUT2D eigenvalue weighted by molar-refractivity contribution is 0.294. The van der Waals surface area contributed by atoms with Gasteiger partial charge in [0.25, 0.3) is 0 Å². The fourth-order valence-electron chi connectivity index (χ4n) is 3.35. The molecule has 1 fully saturated rings. The second kappa shape index (κ2) is 5.38. The van der Waals surface area contributed by atoms with Crippen molar-refractivity contribution in [1.82, 2.24) is 9.62 Å². The minimum atomic E-state index is -3.26. The van der Waals surface area contributed by atoms with Crippen molar-refractivity contribution in [3.8, 4) is 0 Å². The van der Waals surface area contributed by atoms with Crippen molar-refractivity contribution < 1.29 is 8.42 Å². The fraction of sp³-hybridized carbons (Fsp3) is 0.625. The van der Waals surface area contributed by atoms with Gasteiger partial charge in [-0.15, -0.1) is 0 Å². The van der Waals surface area contributed by atoms with Gasteiger partial charge in [0.1, 0.15) is 0 Å². The third kappa shape index (κ3) is 3.15. The third-order valence-electron chi connectivity index (χ3n) is 4.93. The summed E-state index contributed by atoms with van der Waals surface area (Å²) in [7, 11) is 0.686. The van der Waals surface area contributed by atoms with E-state index in [2.05, 4.69) is 21.8 Å². The Morgan fingerprint density at radius 1 is 1.29 bits per heavy atom. The van der Waals surface area contributed by atoms with E-state index in [0.29, 0.717) is 0 Å². The lowest BCUT2D eigenvalue weighted by atomic mass is 9.88. The molecule has 0 amide bonds. The topological polar surface area (TPSA) is 49.4 Å². The molecular weight excluding hydrogens is 284 g/mol. The van der Waals surface area contributed by atoms with Crippen LogP contribution in [0.3, 0.4) is 0 Å². The molecule has 0 saturated heterocycles. The van der Waals surface area contributed by atoms with Crippen LogP contribution in [0, 0.1) is 0 Å². The maximum atomic E-state index is 12.5. The van der Waals surface area contributed by atoms with Crippen molar-refractivity contribution in [1.29, 1.82) is 0 Å². The Morgan fingerprint density at radius 2 is 2.00 bits per heavy atom. The average Bonchev–Trinajstić information content (AvgIpc) is 3.19. The molecular formula is C16H24N2O2S. The van der Waals surface area contributed by atoms with Gasteiger partial charge in [-0.2, -0.15) is 0 Å². The molecule has 0 heterocycles. The lowest BCUT2D eigenvalue weighted by Crippen LogP contribution is -2.42. The predicted octanol–water partition coefficient (Wildman–Crippen LogP) is 2.08. The van der Waals surface area contributed by atoms with Gasteiger partial charge in [-0.25, -0.2) is 13.1 Å². The van der Waals surface area contributed by atoms with Crippen molar-refractivity contribution in [2.75, 3.05) is 19.8 Å². The molecule has 1 atom stereocenters. The van der Waals surface area contributed by atoms with Gasteiger partial charge in [0.2, 0.25) is 10.0 Å². The Morgan fingerprint density at radius 3 is 2.67 bits per heavy atom. The van der Waals surface area contributed by atoms with E-state index in [0.717, 1.165) is 37.7 Å². The minimum Gasteiger partial charge on any atom is -0.303 e. The Balaban J connectivity index is 1.75. The van der Waals surface area contributed by atoms with Crippen LogP contribution in [0.25, 0.3) is 0 Å². The van der Waals surface area contributed by atoms with Crippen LogP contribution in [0.4, 0.5) is 0 Å². The Hall–Kier alpha value is -0.910. The van der Waals surface area contributed by atoms with Crippen molar-refractivity contribution in [2.24, 2.45) is 0 Å². The highest BCUT2D eigenvalue weighted by atomic mass is 32.2.